The van der Waals surface area contributed by atoms with Gasteiger partial charge in [0.05, 0.1) is 17.7 Å². The average Bonchev–Trinajstić information content (AvgIpc) is 3.06. The first-order valence-electron chi connectivity index (χ1n) is 5.71. The maximum absolute atomic E-state index is 11.6. The first-order chi connectivity index (χ1) is 9.67. The maximum Gasteiger partial charge on any atom is 0.350 e. The molecule has 0 atom stereocenters. The molecule has 0 saturated heterocycles. The molecule has 108 valence electrons. The number of rotatable bonds is 6. The van der Waals surface area contributed by atoms with Gasteiger partial charge in [0.2, 0.25) is 6.39 Å². The van der Waals surface area contributed by atoms with Crippen molar-refractivity contribution in [2.75, 3.05) is 31.0 Å². The Hall–Kier alpha value is -1.74. The summed E-state index contributed by atoms with van der Waals surface area (Å²) in [6.45, 7) is 0.619. The molecule has 0 radical (unpaired) electrons. The summed E-state index contributed by atoms with van der Waals surface area (Å²) in [6, 6.07) is 0. The average molecular weight is 314 g/mol. The number of ether oxygens (including phenoxy) is 1. The first kappa shape index (κ1) is 14.7. The number of nitrogen functional groups attached to an aromatic ring is 1. The van der Waals surface area contributed by atoms with Gasteiger partial charge in [-0.05, 0) is 6.26 Å². The second-order valence-electron chi connectivity index (χ2n) is 3.72. The van der Waals surface area contributed by atoms with E-state index in [1.165, 1.54) is 36.6 Å². The summed E-state index contributed by atoms with van der Waals surface area (Å²) in [4.78, 5) is 16.8. The van der Waals surface area contributed by atoms with E-state index in [4.69, 9.17) is 10.5 Å². The number of carbonyl (C=O) groups excluding carboxylic acids is 1. The summed E-state index contributed by atoms with van der Waals surface area (Å²) in [7, 11) is 1.34. The molecule has 7 nitrogen and oxygen atoms in total. The summed E-state index contributed by atoms with van der Waals surface area (Å²) in [6.07, 6.45) is 3.82. The van der Waals surface area contributed by atoms with E-state index in [0.717, 1.165) is 9.90 Å². The molecule has 9 heteroatoms. The van der Waals surface area contributed by atoms with Crippen LogP contribution in [-0.4, -0.2) is 36.0 Å². The van der Waals surface area contributed by atoms with Crippen molar-refractivity contribution >= 4 is 39.8 Å². The SMILES string of the molecule is COC(=O)c1sc(NCCc2ncon2)c(SC)c1N. The lowest BCUT2D eigenvalue weighted by Crippen LogP contribution is -2.05. The van der Waals surface area contributed by atoms with Crippen molar-refractivity contribution in [3.05, 3.63) is 17.1 Å². The van der Waals surface area contributed by atoms with Crippen LogP contribution in [0, 0.1) is 0 Å². The second-order valence-corrected chi connectivity index (χ2v) is 5.56. The zero-order valence-corrected chi connectivity index (χ0v) is 12.6. The van der Waals surface area contributed by atoms with Crippen LogP contribution in [0.5, 0.6) is 0 Å². The summed E-state index contributed by atoms with van der Waals surface area (Å²) in [5.41, 5.74) is 6.42. The van der Waals surface area contributed by atoms with Crippen molar-refractivity contribution < 1.29 is 14.1 Å². The number of thioether (sulfide) groups is 1. The van der Waals surface area contributed by atoms with Gasteiger partial charge >= 0.3 is 5.97 Å². The second kappa shape index (κ2) is 6.62. The molecular formula is C11H14N4O3S2. The fourth-order valence-corrected chi connectivity index (χ4v) is 3.56. The highest BCUT2D eigenvalue weighted by Crippen LogP contribution is 2.41. The van der Waals surface area contributed by atoms with Crippen LogP contribution >= 0.6 is 23.1 Å². The van der Waals surface area contributed by atoms with E-state index in [0.29, 0.717) is 29.4 Å². The summed E-state index contributed by atoms with van der Waals surface area (Å²) in [5, 5.41) is 7.80. The van der Waals surface area contributed by atoms with Crippen LogP contribution in [0.3, 0.4) is 0 Å². The molecule has 0 aliphatic heterocycles. The number of nitrogens with two attached hydrogens (primary N) is 1. The zero-order chi connectivity index (χ0) is 14.5. The highest BCUT2D eigenvalue weighted by molar-refractivity contribution is 7.99. The number of esters is 1. The Bertz CT molecular complexity index is 583. The van der Waals surface area contributed by atoms with Crippen molar-refractivity contribution in [3.63, 3.8) is 0 Å². The molecule has 0 amide bonds. The number of hydrogen-bond donors (Lipinski definition) is 2. The van der Waals surface area contributed by atoms with Crippen molar-refractivity contribution in [1.82, 2.24) is 10.1 Å². The first-order valence-corrected chi connectivity index (χ1v) is 7.75. The summed E-state index contributed by atoms with van der Waals surface area (Å²) in [5.74, 6) is 0.204. The quantitative estimate of drug-likeness (QED) is 0.615. The van der Waals surface area contributed by atoms with Gasteiger partial charge in [-0.25, -0.2) is 4.79 Å². The third-order valence-corrected chi connectivity index (χ3v) is 4.62. The molecule has 2 aromatic heterocycles. The standard InChI is InChI=1S/C11H14N4O3S2/c1-17-11(16)9-7(12)8(19-2)10(20-9)13-4-3-6-14-5-18-15-6/h5,13H,3-4,12H2,1-2H3. The zero-order valence-electron chi connectivity index (χ0n) is 11.0. The van der Waals surface area contributed by atoms with Gasteiger partial charge < -0.3 is 20.3 Å². The van der Waals surface area contributed by atoms with Gasteiger partial charge in [0.25, 0.3) is 0 Å². The number of hydrogen-bond acceptors (Lipinski definition) is 9. The van der Waals surface area contributed by atoms with Crippen molar-refractivity contribution in [2.24, 2.45) is 0 Å². The molecule has 0 saturated carbocycles. The smallest absolute Gasteiger partial charge is 0.350 e. The van der Waals surface area contributed by atoms with Crippen LogP contribution in [-0.2, 0) is 11.2 Å². The Labute approximate surface area is 123 Å². The topological polar surface area (TPSA) is 103 Å². The number of nitrogens with zero attached hydrogens (tertiary/aromatic N) is 2. The molecule has 0 unspecified atom stereocenters. The Morgan fingerprint density at radius 2 is 2.45 bits per heavy atom. The van der Waals surface area contributed by atoms with Gasteiger partial charge in [0.15, 0.2) is 5.82 Å². The van der Waals surface area contributed by atoms with Gasteiger partial charge in [0.1, 0.15) is 9.88 Å². The lowest BCUT2D eigenvalue weighted by molar-refractivity contribution is 0.0607. The normalized spacial score (nSPS) is 10.5. The Balaban J connectivity index is 2.08. The van der Waals surface area contributed by atoms with E-state index in [1.54, 1.807) is 0 Å². The third kappa shape index (κ3) is 3.05. The number of thiophene rings is 1. The van der Waals surface area contributed by atoms with Gasteiger partial charge in [-0.1, -0.05) is 5.16 Å². The van der Waals surface area contributed by atoms with Gasteiger partial charge in [-0.2, -0.15) is 4.98 Å². The lowest BCUT2D eigenvalue weighted by Gasteiger charge is -2.04. The van der Waals surface area contributed by atoms with Crippen LogP contribution in [0.15, 0.2) is 15.8 Å². The van der Waals surface area contributed by atoms with E-state index in [9.17, 15) is 4.79 Å². The summed E-state index contributed by atoms with van der Waals surface area (Å²) >= 11 is 2.77. The Morgan fingerprint density at radius 3 is 3.05 bits per heavy atom. The summed E-state index contributed by atoms with van der Waals surface area (Å²) < 4.78 is 9.38. The molecule has 0 aliphatic rings. The molecule has 0 bridgehead atoms. The molecule has 20 heavy (non-hydrogen) atoms. The molecule has 0 fully saturated rings. The fraction of sp³-hybridized carbons (Fsp3) is 0.364. The largest absolute Gasteiger partial charge is 0.465 e. The van der Waals surface area contributed by atoms with Gasteiger partial charge in [-0.15, -0.1) is 23.1 Å². The molecule has 2 aromatic rings. The monoisotopic (exact) mass is 314 g/mol. The van der Waals surface area contributed by atoms with Crippen LogP contribution in [0.4, 0.5) is 10.7 Å². The fourth-order valence-electron chi connectivity index (χ4n) is 1.58. The Kier molecular flexibility index (Phi) is 4.85. The van der Waals surface area contributed by atoms with E-state index in [-0.39, 0.29) is 0 Å². The van der Waals surface area contributed by atoms with Crippen LogP contribution in [0.1, 0.15) is 15.5 Å². The van der Waals surface area contributed by atoms with Crippen LogP contribution < -0.4 is 11.1 Å². The highest BCUT2D eigenvalue weighted by Gasteiger charge is 2.20. The van der Waals surface area contributed by atoms with E-state index < -0.39 is 5.97 Å². The van der Waals surface area contributed by atoms with Gasteiger partial charge in [-0.3, -0.25) is 0 Å². The number of nitrogens with one attached hydrogen (secondary N) is 1. The number of aromatic nitrogens is 2. The molecule has 0 spiro atoms. The van der Waals surface area contributed by atoms with Crippen molar-refractivity contribution in [3.8, 4) is 0 Å². The Morgan fingerprint density at radius 1 is 1.65 bits per heavy atom. The maximum atomic E-state index is 11.6. The number of carbonyl (C=O) groups is 1. The molecular weight excluding hydrogens is 300 g/mol. The molecule has 0 aliphatic carbocycles. The molecule has 2 rings (SSSR count). The minimum atomic E-state index is -0.422. The van der Waals surface area contributed by atoms with E-state index in [2.05, 4.69) is 20.0 Å². The van der Waals surface area contributed by atoms with E-state index >= 15 is 0 Å². The predicted molar refractivity (Wildman–Crippen MR) is 78.3 cm³/mol. The molecule has 0 aromatic carbocycles. The minimum Gasteiger partial charge on any atom is -0.465 e. The van der Waals surface area contributed by atoms with Crippen LogP contribution in [0.25, 0.3) is 0 Å². The van der Waals surface area contributed by atoms with Crippen LogP contribution in [0.2, 0.25) is 0 Å². The lowest BCUT2D eigenvalue weighted by atomic mass is 10.4. The van der Waals surface area contributed by atoms with E-state index in [1.807, 2.05) is 6.26 Å². The minimum absolute atomic E-state index is 0.416. The number of methoxy groups -OCH3 is 1. The highest BCUT2D eigenvalue weighted by atomic mass is 32.2. The predicted octanol–water partition coefficient (Wildman–Crippen LogP) is 1.88. The third-order valence-electron chi connectivity index (χ3n) is 2.52. The molecule has 2 heterocycles. The van der Waals surface area contributed by atoms with Crippen molar-refractivity contribution in [2.45, 2.75) is 11.3 Å². The number of anilines is 2. The molecule has 3 N–H and O–H groups in total. The van der Waals surface area contributed by atoms with Crippen molar-refractivity contribution in [1.29, 1.82) is 0 Å². The van der Waals surface area contributed by atoms with Gasteiger partial charge in [0, 0.05) is 13.0 Å².